The Kier molecular flexibility index (Phi) is 8.34. The highest BCUT2D eigenvalue weighted by Crippen LogP contribution is 2.35. The molecule has 0 amide bonds. The minimum Gasteiger partial charge on any atom is -0.456 e. The van der Waals surface area contributed by atoms with Gasteiger partial charge in [-0.1, -0.05) is 146 Å². The molecule has 4 heteroatoms. The maximum atomic E-state index is 6.28. The van der Waals surface area contributed by atoms with Gasteiger partial charge in [-0.25, -0.2) is 9.98 Å². The number of para-hydroxylation sites is 1. The Morgan fingerprint density at radius 3 is 1.89 bits per heavy atom. The molecule has 1 N–H and O–H groups in total. The van der Waals surface area contributed by atoms with E-state index in [2.05, 4.69) is 169 Å². The zero-order valence-electron chi connectivity index (χ0n) is 30.2. The minimum absolute atomic E-state index is 0.347. The predicted octanol–water partition coefficient (Wildman–Crippen LogP) is 12.8. The first-order valence-electron chi connectivity index (χ1n) is 18.9. The number of benzene rings is 7. The summed E-state index contributed by atoms with van der Waals surface area (Å²) < 4.78 is 6.28. The number of amidine groups is 2. The van der Waals surface area contributed by atoms with Gasteiger partial charge in [0.25, 0.3) is 0 Å². The van der Waals surface area contributed by atoms with Gasteiger partial charge in [-0.2, -0.15) is 0 Å². The van der Waals surface area contributed by atoms with Gasteiger partial charge < -0.3 is 9.73 Å². The van der Waals surface area contributed by atoms with E-state index in [-0.39, 0.29) is 6.17 Å². The molecule has 55 heavy (non-hydrogen) atoms. The van der Waals surface area contributed by atoms with Crippen molar-refractivity contribution in [3.05, 3.63) is 210 Å². The third kappa shape index (κ3) is 6.49. The molecule has 0 radical (unpaired) electrons. The number of allylic oxidation sites excluding steroid dienone is 4. The largest absolute Gasteiger partial charge is 0.456 e. The molecular weight excluding hydrogens is 671 g/mol. The lowest BCUT2D eigenvalue weighted by atomic mass is 9.90. The van der Waals surface area contributed by atoms with Crippen LogP contribution in [0.1, 0.15) is 41.3 Å². The molecule has 262 valence electrons. The molecule has 0 saturated heterocycles. The highest BCUT2D eigenvalue weighted by atomic mass is 16.3. The fourth-order valence-electron chi connectivity index (χ4n) is 7.72. The Labute approximate surface area is 320 Å². The van der Waals surface area contributed by atoms with Crippen molar-refractivity contribution in [3.8, 4) is 33.4 Å². The van der Waals surface area contributed by atoms with E-state index >= 15 is 0 Å². The van der Waals surface area contributed by atoms with Crippen molar-refractivity contribution in [1.82, 2.24) is 5.32 Å². The van der Waals surface area contributed by atoms with Gasteiger partial charge in [0.15, 0.2) is 5.84 Å². The molecule has 0 fully saturated rings. The summed E-state index contributed by atoms with van der Waals surface area (Å²) in [6.45, 7) is 0. The molecule has 4 nitrogen and oxygen atoms in total. The van der Waals surface area contributed by atoms with E-state index in [0.717, 1.165) is 68.4 Å². The number of fused-ring (bicyclic) bond motifs is 3. The van der Waals surface area contributed by atoms with E-state index in [4.69, 9.17) is 14.4 Å². The third-order valence-electron chi connectivity index (χ3n) is 10.6. The lowest BCUT2D eigenvalue weighted by molar-refractivity contribution is 0.667. The van der Waals surface area contributed by atoms with Crippen LogP contribution in [-0.2, 0) is 0 Å². The first kappa shape index (κ1) is 32.6. The monoisotopic (exact) mass is 707 g/mol. The van der Waals surface area contributed by atoms with Crippen molar-refractivity contribution in [2.45, 2.75) is 19.0 Å². The van der Waals surface area contributed by atoms with Gasteiger partial charge in [-0.15, -0.1) is 0 Å². The van der Waals surface area contributed by atoms with E-state index in [1.807, 2.05) is 24.3 Å². The summed E-state index contributed by atoms with van der Waals surface area (Å²) in [5.41, 5.74) is 14.4. The van der Waals surface area contributed by atoms with Gasteiger partial charge in [-0.3, -0.25) is 0 Å². The van der Waals surface area contributed by atoms with E-state index in [0.29, 0.717) is 5.84 Å². The Hall–Kier alpha value is -7.04. The van der Waals surface area contributed by atoms with Crippen molar-refractivity contribution in [3.63, 3.8) is 0 Å². The number of nitrogens with one attached hydrogen (secondary N) is 1. The normalized spacial score (nSPS) is 15.3. The van der Waals surface area contributed by atoms with Crippen molar-refractivity contribution in [2.24, 2.45) is 9.98 Å². The molecule has 2 aliphatic rings. The molecule has 8 aromatic rings. The van der Waals surface area contributed by atoms with Crippen LogP contribution in [-0.4, -0.2) is 11.7 Å². The minimum atomic E-state index is -0.347. The van der Waals surface area contributed by atoms with Crippen LogP contribution < -0.4 is 5.32 Å². The fourth-order valence-corrected chi connectivity index (χ4v) is 7.72. The van der Waals surface area contributed by atoms with E-state index in [9.17, 15) is 0 Å². The molecule has 1 atom stereocenters. The summed E-state index contributed by atoms with van der Waals surface area (Å²) in [6.07, 6.45) is 8.43. The zero-order valence-corrected chi connectivity index (χ0v) is 30.2. The second-order valence-electron chi connectivity index (χ2n) is 14.2. The van der Waals surface area contributed by atoms with Crippen LogP contribution in [0.25, 0.3) is 60.9 Å². The van der Waals surface area contributed by atoms with Gasteiger partial charge in [-0.05, 0) is 105 Å². The Balaban J connectivity index is 1.04. The second-order valence-corrected chi connectivity index (χ2v) is 14.2. The molecule has 0 bridgehead atoms. The smallest absolute Gasteiger partial charge is 0.159 e. The maximum Gasteiger partial charge on any atom is 0.159 e. The van der Waals surface area contributed by atoms with Crippen LogP contribution in [0.15, 0.2) is 202 Å². The molecule has 7 aromatic carbocycles. The number of furan rings is 1. The van der Waals surface area contributed by atoms with E-state index < -0.39 is 0 Å². The molecule has 1 aliphatic carbocycles. The van der Waals surface area contributed by atoms with Crippen LogP contribution in [0.5, 0.6) is 0 Å². The molecule has 0 saturated carbocycles. The highest BCUT2D eigenvalue weighted by molar-refractivity contribution is 6.15. The zero-order chi connectivity index (χ0) is 36.6. The quantitative estimate of drug-likeness (QED) is 0.179. The molecule has 0 spiro atoms. The van der Waals surface area contributed by atoms with Crippen LogP contribution >= 0.6 is 0 Å². The highest BCUT2D eigenvalue weighted by Gasteiger charge is 2.22. The van der Waals surface area contributed by atoms with E-state index in [1.165, 1.54) is 33.4 Å². The average molecular weight is 708 g/mol. The Bertz CT molecular complexity index is 2820. The number of hydrogen-bond acceptors (Lipinski definition) is 4. The summed E-state index contributed by atoms with van der Waals surface area (Å²) in [5, 5.41) is 5.87. The molecule has 1 unspecified atom stereocenters. The summed E-state index contributed by atoms with van der Waals surface area (Å²) >= 11 is 0. The van der Waals surface area contributed by atoms with Crippen molar-refractivity contribution in [1.29, 1.82) is 0 Å². The molecule has 10 rings (SSSR count). The van der Waals surface area contributed by atoms with Crippen LogP contribution in [0.4, 0.5) is 0 Å². The summed E-state index contributed by atoms with van der Waals surface area (Å²) in [4.78, 5) is 10.4. The lowest BCUT2D eigenvalue weighted by Crippen LogP contribution is -2.33. The van der Waals surface area contributed by atoms with Crippen molar-refractivity contribution >= 4 is 39.2 Å². The SMILES string of the molecule is C1=CCCC(c2cc(-c3ccccc3)cc(-c3ccc(C4=NC(c5ccc6c(c5)oc5ccccc56)=NC(c5cccc(-c6ccccc6)c5)N4)cc3)c2)=C1. The number of hydrogen-bond donors (Lipinski definition) is 1. The van der Waals surface area contributed by atoms with Crippen molar-refractivity contribution < 1.29 is 4.42 Å². The number of rotatable bonds is 7. The van der Waals surface area contributed by atoms with Gasteiger partial charge in [0.1, 0.15) is 23.2 Å². The predicted molar refractivity (Wildman–Crippen MR) is 228 cm³/mol. The molecule has 2 heterocycles. The first-order valence-corrected chi connectivity index (χ1v) is 18.9. The van der Waals surface area contributed by atoms with Gasteiger partial charge in [0.2, 0.25) is 0 Å². The fraction of sp³-hybridized carbons (Fsp3) is 0.0588. The summed E-state index contributed by atoms with van der Waals surface area (Å²) in [7, 11) is 0. The number of aliphatic imine (C=N–C) groups is 2. The third-order valence-corrected chi connectivity index (χ3v) is 10.6. The second kappa shape index (κ2) is 14.1. The van der Waals surface area contributed by atoms with Gasteiger partial charge in [0, 0.05) is 21.9 Å². The van der Waals surface area contributed by atoms with Crippen LogP contribution in [0.2, 0.25) is 0 Å². The van der Waals surface area contributed by atoms with Gasteiger partial charge >= 0.3 is 0 Å². The van der Waals surface area contributed by atoms with Crippen LogP contribution in [0, 0.1) is 0 Å². The standard InChI is InChI=1S/C51H37N3O/c1-4-13-34(14-5-1)39-19-12-20-40(29-39)50-52-49(53-51(54-50)41-27-28-46-45-21-10-11-22-47(45)55-48(46)33-41)38-25-23-37(24-26-38)44-31-42(35-15-6-2-7-16-35)30-43(32-44)36-17-8-3-9-18-36/h1-8,10-17,19-33,50H,9,18H2,(H,52,53,54). The molecular formula is C51H37N3O. The molecule has 1 aromatic heterocycles. The van der Waals surface area contributed by atoms with Crippen LogP contribution in [0.3, 0.4) is 0 Å². The summed E-state index contributed by atoms with van der Waals surface area (Å²) in [5.74, 6) is 1.43. The maximum absolute atomic E-state index is 6.28. The Morgan fingerprint density at radius 1 is 0.491 bits per heavy atom. The Morgan fingerprint density at radius 2 is 1.13 bits per heavy atom. The van der Waals surface area contributed by atoms with Crippen molar-refractivity contribution in [2.75, 3.05) is 0 Å². The van der Waals surface area contributed by atoms with Gasteiger partial charge in [0.05, 0.1) is 0 Å². The molecule has 1 aliphatic heterocycles. The summed E-state index contributed by atoms with van der Waals surface area (Å²) in [6, 6.07) is 59.9. The average Bonchev–Trinajstić information content (AvgIpc) is 3.65. The number of nitrogens with zero attached hydrogens (tertiary/aromatic N) is 2. The topological polar surface area (TPSA) is 49.9 Å². The lowest BCUT2D eigenvalue weighted by Gasteiger charge is -2.24. The van der Waals surface area contributed by atoms with E-state index in [1.54, 1.807) is 0 Å². The first-order chi connectivity index (χ1) is 27.2.